The lowest BCUT2D eigenvalue weighted by atomic mass is 10.3. The number of nitrogens with zero attached hydrogens (tertiary/aromatic N) is 2. The fourth-order valence-corrected chi connectivity index (χ4v) is 2.45. The maximum Gasteiger partial charge on any atom is 0.358 e. The Morgan fingerprint density at radius 1 is 1.53 bits per heavy atom. The molecule has 0 aromatic carbocycles. The van der Waals surface area contributed by atoms with Crippen molar-refractivity contribution in [3.05, 3.63) is 40.1 Å². The zero-order valence-corrected chi connectivity index (χ0v) is 11.3. The molecule has 2 rings (SSSR count). The number of aromatic nitrogens is 2. The minimum atomic E-state index is -1.10. The fraction of sp³-hybridized carbons (Fsp3) is 0.308. The van der Waals surface area contributed by atoms with Crippen LogP contribution in [0.4, 0.5) is 0 Å². The SMILES string of the molecule is CCCc1nc(COc2cccnc2C(=O)O)cs1. The van der Waals surface area contributed by atoms with Gasteiger partial charge in [-0.05, 0) is 25.0 Å². The first-order valence-corrected chi connectivity index (χ1v) is 6.83. The van der Waals surface area contributed by atoms with E-state index >= 15 is 0 Å². The van der Waals surface area contributed by atoms with Gasteiger partial charge in [-0.25, -0.2) is 14.8 Å². The van der Waals surface area contributed by atoms with Crippen molar-refractivity contribution >= 4 is 17.3 Å². The summed E-state index contributed by atoms with van der Waals surface area (Å²) >= 11 is 1.60. The highest BCUT2D eigenvalue weighted by molar-refractivity contribution is 7.09. The topological polar surface area (TPSA) is 72.3 Å². The maximum absolute atomic E-state index is 11.0. The molecule has 0 unspecified atom stereocenters. The molecule has 0 spiro atoms. The van der Waals surface area contributed by atoms with Gasteiger partial charge in [0.05, 0.1) is 10.7 Å². The lowest BCUT2D eigenvalue weighted by Gasteiger charge is -2.06. The van der Waals surface area contributed by atoms with Crippen molar-refractivity contribution in [3.63, 3.8) is 0 Å². The van der Waals surface area contributed by atoms with Gasteiger partial charge in [0.1, 0.15) is 6.61 Å². The highest BCUT2D eigenvalue weighted by atomic mass is 32.1. The summed E-state index contributed by atoms with van der Waals surface area (Å²) < 4.78 is 5.48. The molecular formula is C13H14N2O3S. The van der Waals surface area contributed by atoms with Crippen LogP contribution in [0.15, 0.2) is 23.7 Å². The van der Waals surface area contributed by atoms with Gasteiger partial charge >= 0.3 is 5.97 Å². The molecule has 1 N–H and O–H groups in total. The smallest absolute Gasteiger partial charge is 0.358 e. The van der Waals surface area contributed by atoms with Crippen LogP contribution in [0, 0.1) is 0 Å². The van der Waals surface area contributed by atoms with Gasteiger partial charge in [0.2, 0.25) is 0 Å². The van der Waals surface area contributed by atoms with E-state index in [2.05, 4.69) is 16.9 Å². The molecular weight excluding hydrogens is 264 g/mol. The minimum absolute atomic E-state index is 0.0773. The summed E-state index contributed by atoms with van der Waals surface area (Å²) in [4.78, 5) is 19.2. The first-order chi connectivity index (χ1) is 9.20. The van der Waals surface area contributed by atoms with Crippen molar-refractivity contribution in [2.75, 3.05) is 0 Å². The van der Waals surface area contributed by atoms with Crippen LogP contribution >= 0.6 is 11.3 Å². The lowest BCUT2D eigenvalue weighted by Crippen LogP contribution is -2.05. The Hall–Kier alpha value is -1.95. The summed E-state index contributed by atoms with van der Waals surface area (Å²) in [7, 11) is 0. The summed E-state index contributed by atoms with van der Waals surface area (Å²) in [5.74, 6) is -0.833. The summed E-state index contributed by atoms with van der Waals surface area (Å²) in [6.07, 6.45) is 3.44. The Balaban J connectivity index is 2.03. The second-order valence-corrected chi connectivity index (χ2v) is 4.87. The predicted molar refractivity (Wildman–Crippen MR) is 71.6 cm³/mol. The number of rotatable bonds is 6. The summed E-state index contributed by atoms with van der Waals surface area (Å²) in [6.45, 7) is 2.36. The number of aryl methyl sites for hydroxylation is 1. The van der Waals surface area contributed by atoms with Gasteiger partial charge in [-0.2, -0.15) is 0 Å². The summed E-state index contributed by atoms with van der Waals surface area (Å²) in [5, 5.41) is 12.0. The van der Waals surface area contributed by atoms with E-state index in [1.165, 1.54) is 6.20 Å². The van der Waals surface area contributed by atoms with Gasteiger partial charge in [-0.3, -0.25) is 0 Å². The highest BCUT2D eigenvalue weighted by Gasteiger charge is 2.12. The number of hydrogen-bond acceptors (Lipinski definition) is 5. The van der Waals surface area contributed by atoms with Crippen molar-refractivity contribution in [1.82, 2.24) is 9.97 Å². The zero-order valence-electron chi connectivity index (χ0n) is 10.5. The van der Waals surface area contributed by atoms with E-state index in [0.29, 0.717) is 0 Å². The largest absolute Gasteiger partial charge is 0.485 e. The number of hydrogen-bond donors (Lipinski definition) is 1. The number of pyridine rings is 1. The molecule has 100 valence electrons. The Bertz CT molecular complexity index is 569. The third-order valence-electron chi connectivity index (χ3n) is 2.41. The van der Waals surface area contributed by atoms with E-state index < -0.39 is 5.97 Å². The molecule has 2 aromatic heterocycles. The van der Waals surface area contributed by atoms with Gasteiger partial charge in [0.15, 0.2) is 11.4 Å². The number of thiazole rings is 1. The van der Waals surface area contributed by atoms with Crippen LogP contribution in [0.25, 0.3) is 0 Å². The van der Waals surface area contributed by atoms with Crippen molar-refractivity contribution in [3.8, 4) is 5.75 Å². The third-order valence-corrected chi connectivity index (χ3v) is 3.37. The van der Waals surface area contributed by atoms with E-state index in [4.69, 9.17) is 9.84 Å². The molecule has 0 aliphatic carbocycles. The van der Waals surface area contributed by atoms with Gasteiger partial charge in [0.25, 0.3) is 0 Å². The molecule has 0 amide bonds. The van der Waals surface area contributed by atoms with E-state index in [0.717, 1.165) is 23.5 Å². The molecule has 2 aromatic rings. The van der Waals surface area contributed by atoms with Crippen LogP contribution in [-0.4, -0.2) is 21.0 Å². The van der Waals surface area contributed by atoms with Crippen LogP contribution in [0.1, 0.15) is 34.5 Å². The number of aromatic carboxylic acids is 1. The minimum Gasteiger partial charge on any atom is -0.485 e. The van der Waals surface area contributed by atoms with Crippen LogP contribution in [-0.2, 0) is 13.0 Å². The Morgan fingerprint density at radius 2 is 2.37 bits per heavy atom. The Kier molecular flexibility index (Phi) is 4.46. The lowest BCUT2D eigenvalue weighted by molar-refractivity contribution is 0.0684. The summed E-state index contributed by atoms with van der Waals surface area (Å²) in [5.41, 5.74) is 0.736. The molecule has 19 heavy (non-hydrogen) atoms. The molecule has 0 saturated heterocycles. The molecule has 2 heterocycles. The molecule has 0 aliphatic rings. The van der Waals surface area contributed by atoms with Crippen molar-refractivity contribution in [2.45, 2.75) is 26.4 Å². The predicted octanol–water partition coefficient (Wildman–Crippen LogP) is 2.77. The van der Waals surface area contributed by atoms with Crippen LogP contribution < -0.4 is 4.74 Å². The maximum atomic E-state index is 11.0. The number of carbonyl (C=O) groups is 1. The van der Waals surface area contributed by atoms with Crippen LogP contribution in [0.3, 0.4) is 0 Å². The molecule has 0 radical (unpaired) electrons. The van der Waals surface area contributed by atoms with Crippen molar-refractivity contribution < 1.29 is 14.6 Å². The molecule has 0 atom stereocenters. The van der Waals surface area contributed by atoms with Gasteiger partial charge in [-0.15, -0.1) is 11.3 Å². The Labute approximate surface area is 114 Å². The number of ether oxygens (including phenoxy) is 1. The molecule has 5 nitrogen and oxygen atoms in total. The number of carboxylic acids is 1. The third kappa shape index (κ3) is 3.51. The number of carboxylic acid groups (broad SMARTS) is 1. The van der Waals surface area contributed by atoms with Gasteiger partial charge in [-0.1, -0.05) is 6.92 Å². The average molecular weight is 278 g/mol. The standard InChI is InChI=1S/C13H14N2O3S/c1-2-4-11-15-9(8-19-11)7-18-10-5-3-6-14-12(10)13(16)17/h3,5-6,8H,2,4,7H2,1H3,(H,16,17). The highest BCUT2D eigenvalue weighted by Crippen LogP contribution is 2.18. The normalized spacial score (nSPS) is 10.4. The molecule has 0 aliphatic heterocycles. The second-order valence-electron chi connectivity index (χ2n) is 3.93. The summed E-state index contributed by atoms with van der Waals surface area (Å²) in [6, 6.07) is 3.24. The molecule has 6 heteroatoms. The quantitative estimate of drug-likeness (QED) is 0.879. The van der Waals surface area contributed by atoms with Crippen LogP contribution in [0.2, 0.25) is 0 Å². The molecule has 0 bridgehead atoms. The van der Waals surface area contributed by atoms with E-state index in [1.54, 1.807) is 23.5 Å². The first-order valence-electron chi connectivity index (χ1n) is 5.95. The first kappa shape index (κ1) is 13.5. The Morgan fingerprint density at radius 3 is 3.11 bits per heavy atom. The average Bonchev–Trinajstić information content (AvgIpc) is 2.85. The molecule has 0 saturated carbocycles. The second kappa shape index (κ2) is 6.29. The van der Waals surface area contributed by atoms with Crippen molar-refractivity contribution in [2.24, 2.45) is 0 Å². The van der Waals surface area contributed by atoms with Gasteiger partial charge in [0, 0.05) is 11.6 Å². The van der Waals surface area contributed by atoms with Crippen LogP contribution in [0.5, 0.6) is 5.75 Å². The van der Waals surface area contributed by atoms with Gasteiger partial charge < -0.3 is 9.84 Å². The monoisotopic (exact) mass is 278 g/mol. The van der Waals surface area contributed by atoms with E-state index in [1.807, 2.05) is 5.38 Å². The zero-order chi connectivity index (χ0) is 13.7. The fourth-order valence-electron chi connectivity index (χ4n) is 1.56. The molecule has 0 fully saturated rings. The van der Waals surface area contributed by atoms with Crippen molar-refractivity contribution in [1.29, 1.82) is 0 Å². The van der Waals surface area contributed by atoms with E-state index in [9.17, 15) is 4.79 Å². The van der Waals surface area contributed by atoms with E-state index in [-0.39, 0.29) is 18.1 Å².